The van der Waals surface area contributed by atoms with Crippen LogP contribution < -0.4 is 0 Å². The van der Waals surface area contributed by atoms with Crippen molar-refractivity contribution >= 4 is 44.3 Å². The molecule has 0 aromatic heterocycles. The van der Waals surface area contributed by atoms with Gasteiger partial charge in [0.2, 0.25) is 0 Å². The maximum absolute atomic E-state index is 12.7. The molecule has 104 valence electrons. The number of carbonyl (C=O) groups is 1. The molecule has 0 atom stereocenters. The zero-order chi connectivity index (χ0) is 14.7. The van der Waals surface area contributed by atoms with Gasteiger partial charge in [-0.1, -0.05) is 41.9 Å². The quantitative estimate of drug-likeness (QED) is 0.457. The van der Waals surface area contributed by atoms with Crippen molar-refractivity contribution in [2.75, 3.05) is 0 Å². The molecule has 0 radical (unpaired) electrons. The second-order valence-corrected chi connectivity index (χ2v) is 6.74. The van der Waals surface area contributed by atoms with Crippen molar-refractivity contribution in [1.82, 2.24) is 0 Å². The van der Waals surface area contributed by atoms with E-state index in [-0.39, 0.29) is 5.78 Å². The molecule has 0 aliphatic heterocycles. The molecule has 0 fully saturated rings. The number of hydrogen-bond donors (Lipinski definition) is 0. The lowest BCUT2D eigenvalue weighted by Gasteiger charge is -2.09. The van der Waals surface area contributed by atoms with E-state index in [1.807, 2.05) is 30.3 Å². The summed E-state index contributed by atoms with van der Waals surface area (Å²) in [5.41, 5.74) is 4.08. The van der Waals surface area contributed by atoms with Gasteiger partial charge in [-0.25, -0.2) is 0 Å². The summed E-state index contributed by atoms with van der Waals surface area (Å²) in [5.74, 6) is 0.0766. The zero-order valence-corrected chi connectivity index (χ0v) is 15.3. The Balaban J connectivity index is 2.45. The largest absolute Gasteiger partial charge is 0.289 e. The number of halogens is 2. The summed E-state index contributed by atoms with van der Waals surface area (Å²) < 4.78 is 1.91. The van der Waals surface area contributed by atoms with Crippen LogP contribution in [0.2, 0.25) is 0 Å². The van der Waals surface area contributed by atoms with Crippen LogP contribution in [-0.4, -0.2) is 5.78 Å². The third-order valence-corrected chi connectivity index (χ3v) is 4.77. The average Bonchev–Trinajstić information content (AvgIpc) is 2.48. The highest BCUT2D eigenvalue weighted by atomic mass is 127. The number of hydrogen-bond acceptors (Lipinski definition) is 1. The summed E-state index contributed by atoms with van der Waals surface area (Å²) in [6.45, 7) is 4.27. The Morgan fingerprint density at radius 2 is 1.75 bits per heavy atom. The number of rotatable bonds is 4. The summed E-state index contributed by atoms with van der Waals surface area (Å²) in [6.07, 6.45) is 1.96. The molecule has 0 unspecified atom stereocenters. The molecule has 0 amide bonds. The Morgan fingerprint density at radius 1 is 1.05 bits per heavy atom. The van der Waals surface area contributed by atoms with Crippen LogP contribution in [0, 0.1) is 3.57 Å². The normalized spacial score (nSPS) is 10.6. The third kappa shape index (κ3) is 3.31. The van der Waals surface area contributed by atoms with Crippen molar-refractivity contribution in [3.05, 3.63) is 66.7 Å². The van der Waals surface area contributed by atoms with Crippen molar-refractivity contribution in [3.63, 3.8) is 0 Å². The summed E-state index contributed by atoms with van der Waals surface area (Å²) in [6, 6.07) is 11.9. The number of ketones is 1. The van der Waals surface area contributed by atoms with Crippen LogP contribution in [0.15, 0.2) is 40.9 Å². The SMILES string of the molecule is CCc1ccc(C(=O)c2cc(I)ccc2Br)cc1CC. The van der Waals surface area contributed by atoms with E-state index in [1.165, 1.54) is 11.1 Å². The van der Waals surface area contributed by atoms with Crippen molar-refractivity contribution in [2.45, 2.75) is 26.7 Å². The van der Waals surface area contributed by atoms with Crippen LogP contribution in [0.25, 0.3) is 0 Å². The standard InChI is InChI=1S/C17H16BrIO/c1-3-11-5-6-13(9-12(11)4-2)17(20)15-10-14(19)7-8-16(15)18/h5-10H,3-4H2,1-2H3. The summed E-state index contributed by atoms with van der Waals surface area (Å²) >= 11 is 5.70. The zero-order valence-electron chi connectivity index (χ0n) is 11.5. The Morgan fingerprint density at radius 3 is 2.40 bits per heavy atom. The highest BCUT2D eigenvalue weighted by Crippen LogP contribution is 2.24. The molecule has 2 aromatic carbocycles. The first-order chi connectivity index (χ1) is 9.56. The predicted octanol–water partition coefficient (Wildman–Crippen LogP) is 5.41. The topological polar surface area (TPSA) is 17.1 Å². The fourth-order valence-corrected chi connectivity index (χ4v) is 3.19. The molecule has 0 heterocycles. The van der Waals surface area contributed by atoms with Crippen LogP contribution in [0.4, 0.5) is 0 Å². The number of benzene rings is 2. The van der Waals surface area contributed by atoms with Gasteiger partial charge in [0.15, 0.2) is 5.78 Å². The van der Waals surface area contributed by atoms with Gasteiger partial charge in [0, 0.05) is 19.2 Å². The Kier molecular flexibility index (Phi) is 5.38. The highest BCUT2D eigenvalue weighted by molar-refractivity contribution is 14.1. The van der Waals surface area contributed by atoms with Crippen LogP contribution in [0.1, 0.15) is 40.9 Å². The first-order valence-corrected chi connectivity index (χ1v) is 8.55. The second-order valence-electron chi connectivity index (χ2n) is 4.64. The van der Waals surface area contributed by atoms with Crippen molar-refractivity contribution in [3.8, 4) is 0 Å². The molecule has 1 nitrogen and oxygen atoms in total. The van der Waals surface area contributed by atoms with E-state index in [2.05, 4.69) is 58.4 Å². The van der Waals surface area contributed by atoms with Gasteiger partial charge in [-0.2, -0.15) is 0 Å². The number of carbonyl (C=O) groups excluding carboxylic acids is 1. The maximum Gasteiger partial charge on any atom is 0.194 e. The fraction of sp³-hybridized carbons (Fsp3) is 0.235. The van der Waals surface area contributed by atoms with Gasteiger partial charge in [-0.05, 0) is 70.8 Å². The van der Waals surface area contributed by atoms with Gasteiger partial charge >= 0.3 is 0 Å². The lowest BCUT2D eigenvalue weighted by Crippen LogP contribution is -2.05. The summed E-state index contributed by atoms with van der Waals surface area (Å²) in [4.78, 5) is 12.7. The van der Waals surface area contributed by atoms with Crippen LogP contribution in [0.3, 0.4) is 0 Å². The van der Waals surface area contributed by atoms with E-state index in [4.69, 9.17) is 0 Å². The molecule has 0 spiro atoms. The first kappa shape index (κ1) is 15.7. The summed E-state index contributed by atoms with van der Waals surface area (Å²) in [5, 5.41) is 0. The molecule has 3 heteroatoms. The van der Waals surface area contributed by atoms with Gasteiger partial charge in [0.05, 0.1) is 0 Å². The van der Waals surface area contributed by atoms with E-state index < -0.39 is 0 Å². The average molecular weight is 443 g/mol. The van der Waals surface area contributed by atoms with Crippen molar-refractivity contribution < 1.29 is 4.79 Å². The van der Waals surface area contributed by atoms with Gasteiger partial charge in [0.25, 0.3) is 0 Å². The molecule has 2 rings (SSSR count). The van der Waals surface area contributed by atoms with Gasteiger partial charge < -0.3 is 0 Å². The molecule has 0 aliphatic carbocycles. The van der Waals surface area contributed by atoms with Gasteiger partial charge in [-0.3, -0.25) is 4.79 Å². The molecule has 0 bridgehead atoms. The highest BCUT2D eigenvalue weighted by Gasteiger charge is 2.14. The van der Waals surface area contributed by atoms with Crippen LogP contribution >= 0.6 is 38.5 Å². The minimum Gasteiger partial charge on any atom is -0.289 e. The molecule has 0 saturated carbocycles. The molecule has 0 saturated heterocycles. The van der Waals surface area contributed by atoms with Crippen molar-refractivity contribution in [1.29, 1.82) is 0 Å². The van der Waals surface area contributed by atoms with Gasteiger partial charge in [0.1, 0.15) is 0 Å². The smallest absolute Gasteiger partial charge is 0.194 e. The Hall–Kier alpha value is -0.680. The fourth-order valence-electron chi connectivity index (χ4n) is 2.27. The van der Waals surface area contributed by atoms with Crippen LogP contribution in [-0.2, 0) is 12.8 Å². The molecule has 0 N–H and O–H groups in total. The third-order valence-electron chi connectivity index (χ3n) is 3.40. The van der Waals surface area contributed by atoms with E-state index in [0.29, 0.717) is 0 Å². The molecular weight excluding hydrogens is 427 g/mol. The molecular formula is C17H16BrIO. The maximum atomic E-state index is 12.7. The monoisotopic (exact) mass is 442 g/mol. The van der Waals surface area contributed by atoms with E-state index in [9.17, 15) is 4.79 Å². The van der Waals surface area contributed by atoms with E-state index >= 15 is 0 Å². The van der Waals surface area contributed by atoms with E-state index in [1.54, 1.807) is 0 Å². The minimum absolute atomic E-state index is 0.0766. The Labute approximate surface area is 142 Å². The lowest BCUT2D eigenvalue weighted by molar-refractivity contribution is 0.103. The minimum atomic E-state index is 0.0766. The van der Waals surface area contributed by atoms with Crippen molar-refractivity contribution in [2.24, 2.45) is 0 Å². The number of aryl methyl sites for hydroxylation is 2. The lowest BCUT2D eigenvalue weighted by atomic mass is 9.96. The molecule has 20 heavy (non-hydrogen) atoms. The summed E-state index contributed by atoms with van der Waals surface area (Å²) in [7, 11) is 0. The van der Waals surface area contributed by atoms with Gasteiger partial charge in [-0.15, -0.1) is 0 Å². The van der Waals surface area contributed by atoms with E-state index in [0.717, 1.165) is 32.0 Å². The Bertz CT molecular complexity index is 649. The predicted molar refractivity (Wildman–Crippen MR) is 95.5 cm³/mol. The van der Waals surface area contributed by atoms with Crippen LogP contribution in [0.5, 0.6) is 0 Å². The molecule has 0 aliphatic rings. The first-order valence-electron chi connectivity index (χ1n) is 6.68. The molecule has 2 aromatic rings. The second kappa shape index (κ2) is 6.85.